The molecular weight excluding hydrogens is 536 g/mol. The van der Waals surface area contributed by atoms with E-state index in [0.29, 0.717) is 30.0 Å². The van der Waals surface area contributed by atoms with Gasteiger partial charge >= 0.3 is 5.97 Å². The number of unbranched alkanes of at least 4 members (excludes halogenated alkanes) is 1. The first kappa shape index (κ1) is 29.7. The van der Waals surface area contributed by atoms with Gasteiger partial charge in [-0.25, -0.2) is 0 Å². The lowest BCUT2D eigenvalue weighted by Crippen LogP contribution is -2.57. The van der Waals surface area contributed by atoms with Crippen LogP contribution in [0.15, 0.2) is 49.6 Å². The molecule has 2 unspecified atom stereocenters. The van der Waals surface area contributed by atoms with Gasteiger partial charge in [0.25, 0.3) is 5.91 Å². The maximum absolute atomic E-state index is 14.6. The van der Waals surface area contributed by atoms with Crippen molar-refractivity contribution in [3.63, 3.8) is 0 Å². The van der Waals surface area contributed by atoms with Crippen LogP contribution in [0.5, 0.6) is 0 Å². The van der Waals surface area contributed by atoms with Crippen molar-refractivity contribution in [1.29, 1.82) is 0 Å². The van der Waals surface area contributed by atoms with Crippen molar-refractivity contribution >= 4 is 46.8 Å². The second-order valence-corrected chi connectivity index (χ2v) is 13.1. The van der Waals surface area contributed by atoms with Gasteiger partial charge in [-0.15, -0.1) is 24.9 Å². The molecule has 6 atom stereocenters. The minimum Gasteiger partial charge on any atom is -0.465 e. The average Bonchev–Trinajstić information content (AvgIpc) is 3.56. The molecule has 0 aliphatic carbocycles. The molecular formula is C30H39ClN2O5S. The molecule has 3 fully saturated rings. The molecule has 2 amide bonds. The van der Waals surface area contributed by atoms with Gasteiger partial charge in [0.2, 0.25) is 5.91 Å². The zero-order valence-corrected chi connectivity index (χ0v) is 24.3. The molecule has 3 aliphatic rings. The number of ether oxygens (including phenoxy) is 1. The number of allylic oxidation sites excluding steroid dienone is 1. The molecule has 2 bridgehead atoms. The second-order valence-electron chi connectivity index (χ2n) is 11.1. The Bertz CT molecular complexity index is 1100. The number of hydrogen-bond acceptors (Lipinski definition) is 6. The van der Waals surface area contributed by atoms with Crippen molar-refractivity contribution in [1.82, 2.24) is 4.90 Å². The number of fused-ring (bicyclic) bond motifs is 1. The molecule has 3 saturated heterocycles. The highest BCUT2D eigenvalue weighted by Gasteiger charge is 2.74. The van der Waals surface area contributed by atoms with Gasteiger partial charge in [0.05, 0.1) is 35.8 Å². The summed E-state index contributed by atoms with van der Waals surface area (Å²) in [4.78, 5) is 45.5. The summed E-state index contributed by atoms with van der Waals surface area (Å²) in [6.45, 7) is 11.9. The van der Waals surface area contributed by atoms with E-state index >= 15 is 0 Å². The Balaban J connectivity index is 1.75. The number of anilines is 1. The van der Waals surface area contributed by atoms with Crippen molar-refractivity contribution in [2.45, 2.75) is 68.0 Å². The monoisotopic (exact) mass is 574 g/mol. The smallest absolute Gasteiger partial charge is 0.310 e. The maximum atomic E-state index is 14.6. The first-order valence-electron chi connectivity index (χ1n) is 13.8. The van der Waals surface area contributed by atoms with Crippen LogP contribution in [0.3, 0.4) is 0 Å². The fourth-order valence-electron chi connectivity index (χ4n) is 6.57. The lowest BCUT2D eigenvalue weighted by molar-refractivity contribution is -0.154. The van der Waals surface area contributed by atoms with E-state index in [0.717, 1.165) is 12.8 Å². The molecule has 0 radical (unpaired) electrons. The first-order chi connectivity index (χ1) is 18.7. The number of aliphatic hydroxyl groups is 1. The van der Waals surface area contributed by atoms with Gasteiger partial charge in [-0.3, -0.25) is 14.4 Å². The Hall–Kier alpha value is -2.29. The number of likely N-dealkylation sites (tertiary alicyclic amines) is 1. The van der Waals surface area contributed by atoms with Gasteiger partial charge < -0.3 is 19.6 Å². The van der Waals surface area contributed by atoms with Crippen LogP contribution in [0.2, 0.25) is 5.02 Å². The van der Waals surface area contributed by atoms with Crippen LogP contribution in [0.1, 0.15) is 46.0 Å². The fraction of sp³-hybridized carbons (Fsp3) is 0.567. The van der Waals surface area contributed by atoms with Gasteiger partial charge in [-0.2, -0.15) is 0 Å². The van der Waals surface area contributed by atoms with Gasteiger partial charge in [-0.05, 0) is 62.3 Å². The Labute approximate surface area is 240 Å². The summed E-state index contributed by atoms with van der Waals surface area (Å²) >= 11 is 7.72. The molecule has 3 heterocycles. The first-order valence-corrected chi connectivity index (χ1v) is 15.0. The fourth-order valence-corrected chi connectivity index (χ4v) is 8.88. The molecule has 9 heteroatoms. The maximum Gasteiger partial charge on any atom is 0.310 e. The summed E-state index contributed by atoms with van der Waals surface area (Å²) in [7, 11) is 0. The van der Waals surface area contributed by atoms with Crippen LogP contribution >= 0.6 is 23.4 Å². The lowest BCUT2D eigenvalue weighted by Gasteiger charge is -2.40. The van der Waals surface area contributed by atoms with E-state index in [9.17, 15) is 19.5 Å². The predicted molar refractivity (Wildman–Crippen MR) is 156 cm³/mol. The minimum atomic E-state index is -0.824. The van der Waals surface area contributed by atoms with Gasteiger partial charge in [0.1, 0.15) is 6.04 Å². The Morgan fingerprint density at radius 1 is 1.28 bits per heavy atom. The number of carbonyl (C=O) groups excluding carboxylic acids is 3. The van der Waals surface area contributed by atoms with Crippen LogP contribution in [-0.2, 0) is 19.1 Å². The van der Waals surface area contributed by atoms with Crippen LogP contribution in [-0.4, -0.2) is 69.6 Å². The number of thioether (sulfide) groups is 1. The van der Waals surface area contributed by atoms with Crippen molar-refractivity contribution < 1.29 is 24.2 Å². The molecule has 1 spiro atoms. The Morgan fingerprint density at radius 2 is 2.00 bits per heavy atom. The SMILES string of the molecule is C=CCCCOC(=O)[C@@H]1[C@@H]2CCC3(S2)C(C(=O)N(CC=C)c2ccc(Cl)cc2)N([C@@H](CO)CC(C)C)C(=O)[C@H]13. The third-order valence-corrected chi connectivity index (χ3v) is 10.3. The summed E-state index contributed by atoms with van der Waals surface area (Å²) in [6.07, 6.45) is 6.78. The van der Waals surface area contributed by atoms with Crippen LogP contribution < -0.4 is 4.90 Å². The number of aliphatic hydroxyl groups excluding tert-OH is 1. The molecule has 7 nitrogen and oxygen atoms in total. The molecule has 1 aromatic carbocycles. The van der Waals surface area contributed by atoms with Crippen molar-refractivity contribution in [2.24, 2.45) is 17.8 Å². The summed E-state index contributed by atoms with van der Waals surface area (Å²) < 4.78 is 4.88. The zero-order chi connectivity index (χ0) is 28.3. The van der Waals surface area contributed by atoms with Gasteiger partial charge in [0.15, 0.2) is 0 Å². The zero-order valence-electron chi connectivity index (χ0n) is 22.8. The number of halogens is 1. The largest absolute Gasteiger partial charge is 0.465 e. The normalized spacial score (nSPS) is 27.9. The van der Waals surface area contributed by atoms with E-state index in [4.69, 9.17) is 16.3 Å². The molecule has 0 aromatic heterocycles. The van der Waals surface area contributed by atoms with Crippen LogP contribution in [0.25, 0.3) is 0 Å². The molecule has 39 heavy (non-hydrogen) atoms. The standard InChI is InChI=1S/C30H39ClN2O5S/c1-5-7-8-16-38-29(37)24-23-13-14-30(39-23)25(24)27(35)33(22(18-34)17-19(3)4)26(30)28(36)32(15-6-2)21-11-9-20(31)10-12-21/h5-6,9-12,19,22-26,34H,1-2,7-8,13-18H2,3-4H3/t22-,23+,24-,25+,26?,30?/m1/s1. The van der Waals surface area contributed by atoms with Crippen LogP contribution in [0.4, 0.5) is 5.69 Å². The van der Waals surface area contributed by atoms with Crippen LogP contribution in [0, 0.1) is 17.8 Å². The summed E-state index contributed by atoms with van der Waals surface area (Å²) in [6, 6.07) is 5.65. The number of amides is 2. The van der Waals surface area contributed by atoms with Gasteiger partial charge in [-0.1, -0.05) is 37.6 Å². The van der Waals surface area contributed by atoms with Crippen molar-refractivity contribution in [3.05, 3.63) is 54.6 Å². The van der Waals surface area contributed by atoms with E-state index in [1.807, 2.05) is 13.8 Å². The highest BCUT2D eigenvalue weighted by molar-refractivity contribution is 8.02. The number of esters is 1. The summed E-state index contributed by atoms with van der Waals surface area (Å²) in [5.74, 6) is -1.91. The molecule has 0 saturated carbocycles. The Morgan fingerprint density at radius 3 is 2.62 bits per heavy atom. The highest BCUT2D eigenvalue weighted by atomic mass is 35.5. The van der Waals surface area contributed by atoms with E-state index in [-0.39, 0.29) is 48.7 Å². The number of hydrogen-bond donors (Lipinski definition) is 1. The number of carbonyl (C=O) groups is 3. The second kappa shape index (κ2) is 12.5. The third kappa shape index (κ3) is 5.52. The molecule has 1 aromatic rings. The molecule has 212 valence electrons. The predicted octanol–water partition coefficient (Wildman–Crippen LogP) is 4.87. The average molecular weight is 575 g/mol. The van der Waals surface area contributed by atoms with E-state index in [1.165, 1.54) is 0 Å². The van der Waals surface area contributed by atoms with E-state index in [1.54, 1.807) is 58.0 Å². The number of nitrogens with zero attached hydrogens (tertiary/aromatic N) is 2. The minimum absolute atomic E-state index is 0.0793. The van der Waals surface area contributed by atoms with Gasteiger partial charge in [0, 0.05) is 22.5 Å². The van der Waals surface area contributed by atoms with Crippen molar-refractivity contribution in [3.8, 4) is 0 Å². The highest BCUT2D eigenvalue weighted by Crippen LogP contribution is 2.67. The third-order valence-electron chi connectivity index (χ3n) is 8.10. The molecule has 1 N–H and O–H groups in total. The summed E-state index contributed by atoms with van der Waals surface area (Å²) in [5, 5.41) is 10.9. The number of benzene rings is 1. The molecule has 4 rings (SSSR count). The Kier molecular flexibility index (Phi) is 9.50. The lowest BCUT2D eigenvalue weighted by atomic mass is 9.71. The number of rotatable bonds is 13. The summed E-state index contributed by atoms with van der Waals surface area (Å²) in [5.41, 5.74) is 0.650. The molecule has 3 aliphatic heterocycles. The van der Waals surface area contributed by atoms with E-state index in [2.05, 4.69) is 13.2 Å². The topological polar surface area (TPSA) is 87.2 Å². The van der Waals surface area contributed by atoms with E-state index < -0.39 is 28.7 Å². The van der Waals surface area contributed by atoms with Crippen molar-refractivity contribution in [2.75, 3.05) is 24.7 Å². The quantitative estimate of drug-likeness (QED) is 0.205.